The molecule has 5 heteroatoms. The Morgan fingerprint density at radius 3 is 2.35 bits per heavy atom. The molecule has 20 heavy (non-hydrogen) atoms. The lowest BCUT2D eigenvalue weighted by atomic mass is 9.99. The third-order valence-electron chi connectivity index (χ3n) is 3.32. The zero-order valence-corrected chi connectivity index (χ0v) is 12.1. The Morgan fingerprint density at radius 1 is 1.30 bits per heavy atom. The number of amides is 1. The number of hydrogen-bond acceptors (Lipinski definition) is 3. The van der Waals surface area contributed by atoms with E-state index in [1.165, 1.54) is 0 Å². The first-order chi connectivity index (χ1) is 9.47. The molecule has 0 spiro atoms. The second-order valence-corrected chi connectivity index (χ2v) is 4.79. The fraction of sp³-hybridized carbons (Fsp3) is 0.467. The summed E-state index contributed by atoms with van der Waals surface area (Å²) in [5, 5.41) is 11.7. The van der Waals surface area contributed by atoms with Gasteiger partial charge in [-0.2, -0.15) is 0 Å². The molecule has 2 N–H and O–H groups in total. The molecule has 0 saturated heterocycles. The van der Waals surface area contributed by atoms with Gasteiger partial charge in [0, 0.05) is 0 Å². The Hall–Kier alpha value is -2.04. The highest BCUT2D eigenvalue weighted by molar-refractivity contribution is 5.85. The van der Waals surface area contributed by atoms with Crippen LogP contribution >= 0.6 is 0 Å². The van der Waals surface area contributed by atoms with E-state index in [1.807, 2.05) is 13.8 Å². The number of carbonyl (C=O) groups excluding carboxylic acids is 1. The van der Waals surface area contributed by atoms with E-state index in [4.69, 9.17) is 9.84 Å². The van der Waals surface area contributed by atoms with Crippen LogP contribution in [-0.2, 0) is 16.0 Å². The summed E-state index contributed by atoms with van der Waals surface area (Å²) in [6.45, 7) is 3.71. The average Bonchev–Trinajstić information content (AvgIpc) is 2.44. The van der Waals surface area contributed by atoms with Gasteiger partial charge in [-0.05, 0) is 23.6 Å². The van der Waals surface area contributed by atoms with Crippen LogP contribution in [0.2, 0.25) is 0 Å². The van der Waals surface area contributed by atoms with E-state index in [2.05, 4.69) is 5.32 Å². The zero-order valence-electron chi connectivity index (χ0n) is 12.1. The van der Waals surface area contributed by atoms with Gasteiger partial charge in [0.1, 0.15) is 11.8 Å². The van der Waals surface area contributed by atoms with E-state index in [0.717, 1.165) is 11.3 Å². The van der Waals surface area contributed by atoms with Crippen molar-refractivity contribution in [2.24, 2.45) is 5.92 Å². The van der Waals surface area contributed by atoms with Crippen LogP contribution < -0.4 is 10.1 Å². The van der Waals surface area contributed by atoms with Crippen LogP contribution in [0.25, 0.3) is 0 Å². The number of carboxylic acids is 1. The summed E-state index contributed by atoms with van der Waals surface area (Å²) in [6, 6.07) is 6.28. The minimum atomic E-state index is -0.998. The summed E-state index contributed by atoms with van der Waals surface area (Å²) in [6.07, 6.45) is 0.851. The number of benzene rings is 1. The van der Waals surface area contributed by atoms with Gasteiger partial charge < -0.3 is 15.2 Å². The Kier molecular flexibility index (Phi) is 6.03. The monoisotopic (exact) mass is 279 g/mol. The van der Waals surface area contributed by atoms with E-state index in [9.17, 15) is 9.59 Å². The maximum Gasteiger partial charge on any atom is 0.326 e. The SMILES string of the molecule is CCC(C)[C@H](NC(=O)Cc1ccc(OC)cc1)C(=O)O. The van der Waals surface area contributed by atoms with Crippen molar-refractivity contribution in [1.82, 2.24) is 5.32 Å². The molecule has 1 unspecified atom stereocenters. The highest BCUT2D eigenvalue weighted by atomic mass is 16.5. The molecular formula is C15H21NO4. The van der Waals surface area contributed by atoms with Crippen LogP contribution in [0.15, 0.2) is 24.3 Å². The highest BCUT2D eigenvalue weighted by Crippen LogP contribution is 2.12. The fourth-order valence-corrected chi connectivity index (χ4v) is 1.84. The molecule has 0 fully saturated rings. The third kappa shape index (κ3) is 4.57. The first-order valence-corrected chi connectivity index (χ1v) is 6.63. The zero-order chi connectivity index (χ0) is 15.1. The number of carboxylic acid groups (broad SMARTS) is 1. The van der Waals surface area contributed by atoms with Crippen LogP contribution in [0.3, 0.4) is 0 Å². The number of hydrogen-bond donors (Lipinski definition) is 2. The van der Waals surface area contributed by atoms with Crippen molar-refractivity contribution in [2.45, 2.75) is 32.7 Å². The molecule has 2 atom stereocenters. The number of aliphatic carboxylic acids is 1. The second-order valence-electron chi connectivity index (χ2n) is 4.79. The molecule has 1 rings (SSSR count). The largest absolute Gasteiger partial charge is 0.497 e. The second kappa shape index (κ2) is 7.53. The predicted molar refractivity (Wildman–Crippen MR) is 75.7 cm³/mol. The minimum Gasteiger partial charge on any atom is -0.497 e. The van der Waals surface area contributed by atoms with E-state index in [-0.39, 0.29) is 18.2 Å². The molecule has 0 aliphatic heterocycles. The van der Waals surface area contributed by atoms with Crippen molar-refractivity contribution < 1.29 is 19.4 Å². The summed E-state index contributed by atoms with van der Waals surface area (Å²) in [5.41, 5.74) is 0.816. The lowest BCUT2D eigenvalue weighted by molar-refractivity contribution is -0.143. The van der Waals surface area contributed by atoms with Crippen molar-refractivity contribution in [2.75, 3.05) is 7.11 Å². The van der Waals surface area contributed by atoms with Gasteiger partial charge in [0.25, 0.3) is 0 Å². The topological polar surface area (TPSA) is 75.6 Å². The molecule has 1 aromatic carbocycles. The van der Waals surface area contributed by atoms with Crippen LogP contribution in [-0.4, -0.2) is 30.1 Å². The Bertz CT molecular complexity index is 455. The van der Waals surface area contributed by atoms with E-state index >= 15 is 0 Å². The molecule has 0 aliphatic carbocycles. The summed E-state index contributed by atoms with van der Waals surface area (Å²) in [5.74, 6) is -0.671. The molecule has 0 bridgehead atoms. The van der Waals surface area contributed by atoms with Gasteiger partial charge in [-0.3, -0.25) is 4.79 Å². The van der Waals surface area contributed by atoms with Crippen LogP contribution in [0.5, 0.6) is 5.75 Å². The smallest absolute Gasteiger partial charge is 0.326 e. The van der Waals surface area contributed by atoms with E-state index in [1.54, 1.807) is 31.4 Å². The third-order valence-corrected chi connectivity index (χ3v) is 3.32. The first kappa shape index (κ1) is 16.0. The van der Waals surface area contributed by atoms with E-state index in [0.29, 0.717) is 6.42 Å². The number of methoxy groups -OCH3 is 1. The Labute approximate surface area is 118 Å². The van der Waals surface area contributed by atoms with Gasteiger partial charge in [0.05, 0.1) is 13.5 Å². The molecule has 5 nitrogen and oxygen atoms in total. The van der Waals surface area contributed by atoms with E-state index < -0.39 is 12.0 Å². The Morgan fingerprint density at radius 2 is 1.90 bits per heavy atom. The lowest BCUT2D eigenvalue weighted by Gasteiger charge is -2.20. The molecule has 0 aliphatic rings. The maximum atomic E-state index is 11.9. The quantitative estimate of drug-likeness (QED) is 0.798. The molecule has 0 radical (unpaired) electrons. The van der Waals surface area contributed by atoms with Crippen LogP contribution in [0.1, 0.15) is 25.8 Å². The number of ether oxygens (including phenoxy) is 1. The molecule has 0 heterocycles. The van der Waals surface area contributed by atoms with Gasteiger partial charge in [0.15, 0.2) is 0 Å². The average molecular weight is 279 g/mol. The summed E-state index contributed by atoms with van der Waals surface area (Å²) in [4.78, 5) is 23.0. The van der Waals surface area contributed by atoms with Gasteiger partial charge in [-0.1, -0.05) is 32.4 Å². The number of rotatable bonds is 7. The number of carbonyl (C=O) groups is 2. The van der Waals surface area contributed by atoms with Crippen molar-refractivity contribution in [3.05, 3.63) is 29.8 Å². The van der Waals surface area contributed by atoms with Crippen molar-refractivity contribution >= 4 is 11.9 Å². The van der Waals surface area contributed by atoms with Gasteiger partial charge >= 0.3 is 5.97 Å². The minimum absolute atomic E-state index is 0.104. The van der Waals surface area contributed by atoms with Crippen molar-refractivity contribution in [1.29, 1.82) is 0 Å². The molecule has 0 saturated carbocycles. The normalized spacial score (nSPS) is 13.3. The summed E-state index contributed by atoms with van der Waals surface area (Å²) >= 11 is 0. The molecule has 1 amide bonds. The standard InChI is InChI=1S/C15H21NO4/c1-4-10(2)14(15(18)19)16-13(17)9-11-5-7-12(20-3)8-6-11/h5-8,10,14H,4,9H2,1-3H3,(H,16,17)(H,18,19)/t10?,14-/m0/s1. The Balaban J connectivity index is 2.63. The van der Waals surface area contributed by atoms with Crippen molar-refractivity contribution in [3.63, 3.8) is 0 Å². The molecule has 1 aromatic rings. The highest BCUT2D eigenvalue weighted by Gasteiger charge is 2.25. The van der Waals surface area contributed by atoms with Gasteiger partial charge in [0.2, 0.25) is 5.91 Å². The van der Waals surface area contributed by atoms with Crippen LogP contribution in [0.4, 0.5) is 0 Å². The number of nitrogens with one attached hydrogen (secondary N) is 1. The van der Waals surface area contributed by atoms with Gasteiger partial charge in [-0.15, -0.1) is 0 Å². The lowest BCUT2D eigenvalue weighted by Crippen LogP contribution is -2.45. The predicted octanol–water partition coefficient (Wildman–Crippen LogP) is 1.85. The molecule has 110 valence electrons. The summed E-state index contributed by atoms with van der Waals surface area (Å²) in [7, 11) is 1.57. The molecule has 0 aromatic heterocycles. The first-order valence-electron chi connectivity index (χ1n) is 6.63. The van der Waals surface area contributed by atoms with Crippen molar-refractivity contribution in [3.8, 4) is 5.75 Å². The maximum absolute atomic E-state index is 11.9. The molecular weight excluding hydrogens is 258 g/mol. The fourth-order valence-electron chi connectivity index (χ4n) is 1.84. The van der Waals surface area contributed by atoms with Gasteiger partial charge in [-0.25, -0.2) is 4.79 Å². The summed E-state index contributed by atoms with van der Waals surface area (Å²) < 4.78 is 5.04. The van der Waals surface area contributed by atoms with Crippen LogP contribution in [0, 0.1) is 5.92 Å².